The zero-order valence-electron chi connectivity index (χ0n) is 10.8. The lowest BCUT2D eigenvalue weighted by Crippen LogP contribution is -2.38. The molecule has 1 atom stereocenters. The fraction of sp³-hybridized carbons (Fsp3) is 0.385. The van der Waals surface area contributed by atoms with Crippen LogP contribution in [0, 0.1) is 0 Å². The van der Waals surface area contributed by atoms with Crippen LogP contribution in [0.2, 0.25) is 0 Å². The van der Waals surface area contributed by atoms with Crippen LogP contribution in [-0.4, -0.2) is 34.6 Å². The second-order valence-corrected chi connectivity index (χ2v) is 4.57. The number of amides is 2. The lowest BCUT2D eigenvalue weighted by molar-refractivity contribution is -0.131. The molecule has 2 amide bonds. The highest BCUT2D eigenvalue weighted by Crippen LogP contribution is 2.26. The van der Waals surface area contributed by atoms with Crippen molar-refractivity contribution >= 4 is 11.8 Å². The summed E-state index contributed by atoms with van der Waals surface area (Å²) < 4.78 is 5.62. The number of carbonyl (C=O) groups is 2. The maximum Gasteiger partial charge on any atom is 0.274 e. The van der Waals surface area contributed by atoms with Crippen molar-refractivity contribution in [1.82, 2.24) is 10.4 Å². The Bertz CT molecular complexity index is 515. The van der Waals surface area contributed by atoms with Crippen LogP contribution in [-0.2, 0) is 11.3 Å². The molecule has 6 heteroatoms. The molecular weight excluding hydrogens is 248 g/mol. The number of fused-ring (bicyclic) bond motifs is 1. The Balaban J connectivity index is 2.33. The summed E-state index contributed by atoms with van der Waals surface area (Å²) in [6.07, 6.45) is 0. The SMILES string of the molecule is CC(=O)N1Cc2ccc(C(=O)NO)cc2OCC1C. The predicted octanol–water partition coefficient (Wildman–Crippen LogP) is 0.935. The number of hydrogen-bond donors (Lipinski definition) is 2. The van der Waals surface area contributed by atoms with Gasteiger partial charge in [0.2, 0.25) is 5.91 Å². The van der Waals surface area contributed by atoms with Gasteiger partial charge in [-0.1, -0.05) is 6.07 Å². The first-order valence-corrected chi connectivity index (χ1v) is 6.00. The lowest BCUT2D eigenvalue weighted by atomic mass is 10.1. The van der Waals surface area contributed by atoms with Crippen molar-refractivity contribution in [3.63, 3.8) is 0 Å². The van der Waals surface area contributed by atoms with Gasteiger partial charge < -0.3 is 9.64 Å². The maximum absolute atomic E-state index is 11.6. The number of hydrogen-bond acceptors (Lipinski definition) is 4. The van der Waals surface area contributed by atoms with E-state index in [2.05, 4.69) is 0 Å². The van der Waals surface area contributed by atoms with Gasteiger partial charge in [0.05, 0.1) is 6.04 Å². The number of ether oxygens (including phenoxy) is 1. The quantitative estimate of drug-likeness (QED) is 0.584. The summed E-state index contributed by atoms with van der Waals surface area (Å²) in [4.78, 5) is 24.6. The van der Waals surface area contributed by atoms with E-state index in [1.54, 1.807) is 28.6 Å². The summed E-state index contributed by atoms with van der Waals surface area (Å²) in [5.74, 6) is -0.0371. The molecule has 0 fully saturated rings. The zero-order valence-corrected chi connectivity index (χ0v) is 10.8. The van der Waals surface area contributed by atoms with E-state index in [4.69, 9.17) is 9.94 Å². The van der Waals surface area contributed by atoms with Gasteiger partial charge >= 0.3 is 0 Å². The van der Waals surface area contributed by atoms with Crippen molar-refractivity contribution in [2.75, 3.05) is 6.61 Å². The number of nitrogens with one attached hydrogen (secondary N) is 1. The van der Waals surface area contributed by atoms with Crippen molar-refractivity contribution in [3.8, 4) is 5.75 Å². The Morgan fingerprint density at radius 2 is 2.21 bits per heavy atom. The lowest BCUT2D eigenvalue weighted by Gasteiger charge is -2.24. The number of nitrogens with zero attached hydrogens (tertiary/aromatic N) is 1. The molecular formula is C13H16N2O4. The van der Waals surface area contributed by atoms with E-state index in [9.17, 15) is 9.59 Å². The van der Waals surface area contributed by atoms with Gasteiger partial charge in [0, 0.05) is 24.6 Å². The molecule has 0 aromatic heterocycles. The van der Waals surface area contributed by atoms with Crippen LogP contribution < -0.4 is 10.2 Å². The van der Waals surface area contributed by atoms with Crippen molar-refractivity contribution in [2.24, 2.45) is 0 Å². The first-order chi connectivity index (χ1) is 9.02. The van der Waals surface area contributed by atoms with E-state index >= 15 is 0 Å². The molecule has 0 radical (unpaired) electrons. The van der Waals surface area contributed by atoms with Crippen molar-refractivity contribution < 1.29 is 19.5 Å². The van der Waals surface area contributed by atoms with Gasteiger partial charge in [0.15, 0.2) is 0 Å². The van der Waals surface area contributed by atoms with Crippen molar-refractivity contribution in [1.29, 1.82) is 0 Å². The summed E-state index contributed by atoms with van der Waals surface area (Å²) in [7, 11) is 0. The van der Waals surface area contributed by atoms with Crippen LogP contribution in [0.5, 0.6) is 5.75 Å². The van der Waals surface area contributed by atoms with Crippen LogP contribution >= 0.6 is 0 Å². The number of benzene rings is 1. The van der Waals surface area contributed by atoms with E-state index in [1.807, 2.05) is 6.92 Å². The highest BCUT2D eigenvalue weighted by molar-refractivity contribution is 5.93. The predicted molar refractivity (Wildman–Crippen MR) is 66.9 cm³/mol. The van der Waals surface area contributed by atoms with Crippen LogP contribution in [0.1, 0.15) is 29.8 Å². The summed E-state index contributed by atoms with van der Waals surface area (Å²) in [6, 6.07) is 4.85. The second-order valence-electron chi connectivity index (χ2n) is 4.57. The summed E-state index contributed by atoms with van der Waals surface area (Å²) in [5, 5.41) is 8.61. The number of rotatable bonds is 1. The van der Waals surface area contributed by atoms with E-state index in [0.29, 0.717) is 24.5 Å². The summed E-state index contributed by atoms with van der Waals surface area (Å²) in [6.45, 7) is 4.26. The number of hydroxylamine groups is 1. The number of carbonyl (C=O) groups excluding carboxylic acids is 2. The summed E-state index contributed by atoms with van der Waals surface area (Å²) in [5.41, 5.74) is 2.73. The third-order valence-electron chi connectivity index (χ3n) is 3.19. The molecule has 0 aliphatic carbocycles. The van der Waals surface area contributed by atoms with Gasteiger partial charge in [-0.15, -0.1) is 0 Å². The topological polar surface area (TPSA) is 78.9 Å². The molecule has 1 aromatic rings. The van der Waals surface area contributed by atoms with E-state index in [-0.39, 0.29) is 11.9 Å². The highest BCUT2D eigenvalue weighted by Gasteiger charge is 2.23. The van der Waals surface area contributed by atoms with Crippen LogP contribution in [0.3, 0.4) is 0 Å². The molecule has 19 heavy (non-hydrogen) atoms. The van der Waals surface area contributed by atoms with Crippen LogP contribution in [0.15, 0.2) is 18.2 Å². The first kappa shape index (κ1) is 13.4. The van der Waals surface area contributed by atoms with E-state index < -0.39 is 5.91 Å². The molecule has 6 nitrogen and oxygen atoms in total. The van der Waals surface area contributed by atoms with Crippen LogP contribution in [0.25, 0.3) is 0 Å². The van der Waals surface area contributed by atoms with Crippen molar-refractivity contribution in [3.05, 3.63) is 29.3 Å². The average Bonchev–Trinajstić information content (AvgIpc) is 2.57. The molecule has 1 aliphatic rings. The van der Waals surface area contributed by atoms with E-state index in [1.165, 1.54) is 6.92 Å². The fourth-order valence-corrected chi connectivity index (χ4v) is 2.09. The van der Waals surface area contributed by atoms with Crippen molar-refractivity contribution in [2.45, 2.75) is 26.4 Å². The molecule has 1 heterocycles. The van der Waals surface area contributed by atoms with Gasteiger partial charge in [0.25, 0.3) is 5.91 Å². The smallest absolute Gasteiger partial charge is 0.274 e. The molecule has 0 saturated carbocycles. The first-order valence-electron chi connectivity index (χ1n) is 6.00. The third kappa shape index (κ3) is 2.68. The molecule has 102 valence electrons. The van der Waals surface area contributed by atoms with Gasteiger partial charge in [-0.3, -0.25) is 14.8 Å². The Morgan fingerprint density at radius 3 is 2.84 bits per heavy atom. The van der Waals surface area contributed by atoms with Gasteiger partial charge in [-0.05, 0) is 19.1 Å². The van der Waals surface area contributed by atoms with Gasteiger partial charge in [-0.25, -0.2) is 5.48 Å². The minimum absolute atomic E-state index is 0.0128. The van der Waals surface area contributed by atoms with Crippen LogP contribution in [0.4, 0.5) is 0 Å². The molecule has 0 saturated heterocycles. The Morgan fingerprint density at radius 1 is 1.47 bits per heavy atom. The summed E-state index contributed by atoms with van der Waals surface area (Å²) >= 11 is 0. The normalized spacial score (nSPS) is 18.1. The Hall–Kier alpha value is -2.08. The van der Waals surface area contributed by atoms with Gasteiger partial charge in [-0.2, -0.15) is 0 Å². The maximum atomic E-state index is 11.6. The average molecular weight is 264 g/mol. The Labute approximate surface area is 110 Å². The fourth-order valence-electron chi connectivity index (χ4n) is 2.09. The minimum atomic E-state index is -0.591. The second kappa shape index (κ2) is 5.27. The molecule has 1 aliphatic heterocycles. The highest BCUT2D eigenvalue weighted by atomic mass is 16.5. The standard InChI is InChI=1S/C13H16N2O4/c1-8-7-19-12-5-10(13(17)14-18)3-4-11(12)6-15(8)9(2)16/h3-5,8,18H,6-7H2,1-2H3,(H,14,17). The molecule has 2 N–H and O–H groups in total. The van der Waals surface area contributed by atoms with E-state index in [0.717, 1.165) is 5.56 Å². The monoisotopic (exact) mass is 264 g/mol. The molecule has 1 aromatic carbocycles. The zero-order chi connectivity index (χ0) is 14.0. The molecule has 0 spiro atoms. The largest absolute Gasteiger partial charge is 0.491 e. The Kier molecular flexibility index (Phi) is 3.71. The molecule has 0 bridgehead atoms. The van der Waals surface area contributed by atoms with Gasteiger partial charge in [0.1, 0.15) is 12.4 Å². The minimum Gasteiger partial charge on any atom is -0.491 e. The third-order valence-corrected chi connectivity index (χ3v) is 3.19. The molecule has 1 unspecified atom stereocenters. The molecule has 2 rings (SSSR count).